The zero-order valence-corrected chi connectivity index (χ0v) is 9.74. The SMILES string of the molecule is CCCC(N)C(=O)N(C)CC1CCCO1. The third-order valence-corrected chi connectivity index (χ3v) is 2.79. The molecule has 2 atom stereocenters. The minimum atomic E-state index is -0.346. The molecule has 1 amide bonds. The number of likely N-dealkylation sites (N-methyl/N-ethyl adjacent to an activating group) is 1. The van der Waals surface area contributed by atoms with Crippen molar-refractivity contribution in [3.05, 3.63) is 0 Å². The maximum Gasteiger partial charge on any atom is 0.239 e. The van der Waals surface area contributed by atoms with Crippen molar-refractivity contribution in [2.24, 2.45) is 5.73 Å². The summed E-state index contributed by atoms with van der Waals surface area (Å²) in [6, 6.07) is -0.346. The maximum atomic E-state index is 11.8. The van der Waals surface area contributed by atoms with Gasteiger partial charge >= 0.3 is 0 Å². The van der Waals surface area contributed by atoms with Crippen molar-refractivity contribution >= 4 is 5.91 Å². The molecule has 0 aromatic carbocycles. The monoisotopic (exact) mass is 214 g/mol. The summed E-state index contributed by atoms with van der Waals surface area (Å²) in [7, 11) is 1.81. The van der Waals surface area contributed by atoms with Crippen LogP contribution in [-0.2, 0) is 9.53 Å². The highest BCUT2D eigenvalue weighted by Gasteiger charge is 2.22. The van der Waals surface area contributed by atoms with E-state index in [4.69, 9.17) is 10.5 Å². The molecule has 1 fully saturated rings. The lowest BCUT2D eigenvalue weighted by molar-refractivity contribution is -0.132. The Hall–Kier alpha value is -0.610. The van der Waals surface area contributed by atoms with Crippen LogP contribution in [0.25, 0.3) is 0 Å². The molecule has 1 aliphatic rings. The maximum absolute atomic E-state index is 11.8. The molecule has 2 N–H and O–H groups in total. The van der Waals surface area contributed by atoms with Crippen LogP contribution in [0.3, 0.4) is 0 Å². The van der Waals surface area contributed by atoms with E-state index in [1.165, 1.54) is 0 Å². The summed E-state index contributed by atoms with van der Waals surface area (Å²) in [5.41, 5.74) is 5.77. The molecule has 0 bridgehead atoms. The Balaban J connectivity index is 2.31. The number of rotatable bonds is 5. The Morgan fingerprint density at radius 1 is 1.67 bits per heavy atom. The molecule has 1 rings (SSSR count). The van der Waals surface area contributed by atoms with E-state index in [9.17, 15) is 4.79 Å². The smallest absolute Gasteiger partial charge is 0.239 e. The highest BCUT2D eigenvalue weighted by molar-refractivity contribution is 5.81. The molecule has 0 radical (unpaired) electrons. The minimum Gasteiger partial charge on any atom is -0.376 e. The van der Waals surface area contributed by atoms with E-state index in [2.05, 4.69) is 0 Å². The van der Waals surface area contributed by atoms with Crippen LogP contribution in [-0.4, -0.2) is 43.2 Å². The van der Waals surface area contributed by atoms with Gasteiger partial charge in [-0.1, -0.05) is 13.3 Å². The fourth-order valence-corrected chi connectivity index (χ4v) is 1.90. The van der Waals surface area contributed by atoms with Gasteiger partial charge in [-0.3, -0.25) is 4.79 Å². The van der Waals surface area contributed by atoms with Crippen LogP contribution >= 0.6 is 0 Å². The van der Waals surface area contributed by atoms with Crippen molar-refractivity contribution in [1.82, 2.24) is 4.90 Å². The summed E-state index contributed by atoms with van der Waals surface area (Å²) >= 11 is 0. The Morgan fingerprint density at radius 2 is 2.40 bits per heavy atom. The van der Waals surface area contributed by atoms with Crippen LogP contribution in [0.2, 0.25) is 0 Å². The number of amides is 1. The molecule has 1 heterocycles. The summed E-state index contributed by atoms with van der Waals surface area (Å²) in [5, 5.41) is 0. The lowest BCUT2D eigenvalue weighted by Gasteiger charge is -2.23. The van der Waals surface area contributed by atoms with Gasteiger partial charge in [-0.2, -0.15) is 0 Å². The number of ether oxygens (including phenoxy) is 1. The van der Waals surface area contributed by atoms with Gasteiger partial charge < -0.3 is 15.4 Å². The van der Waals surface area contributed by atoms with Crippen molar-refractivity contribution in [3.8, 4) is 0 Å². The molecule has 1 saturated heterocycles. The molecular formula is C11H22N2O2. The largest absolute Gasteiger partial charge is 0.376 e. The fourth-order valence-electron chi connectivity index (χ4n) is 1.90. The van der Waals surface area contributed by atoms with Gasteiger partial charge in [0.2, 0.25) is 5.91 Å². The fraction of sp³-hybridized carbons (Fsp3) is 0.909. The third kappa shape index (κ3) is 3.80. The van der Waals surface area contributed by atoms with Crippen LogP contribution < -0.4 is 5.73 Å². The molecule has 4 heteroatoms. The lowest BCUT2D eigenvalue weighted by Crippen LogP contribution is -2.44. The number of hydrogen-bond acceptors (Lipinski definition) is 3. The molecule has 88 valence electrons. The lowest BCUT2D eigenvalue weighted by atomic mass is 10.1. The molecule has 0 aliphatic carbocycles. The van der Waals surface area contributed by atoms with Gasteiger partial charge in [-0.25, -0.2) is 0 Å². The first kappa shape index (κ1) is 12.5. The quantitative estimate of drug-likeness (QED) is 0.735. The van der Waals surface area contributed by atoms with Crippen molar-refractivity contribution in [1.29, 1.82) is 0 Å². The van der Waals surface area contributed by atoms with E-state index >= 15 is 0 Å². The summed E-state index contributed by atoms with van der Waals surface area (Å²) in [5.74, 6) is 0.0346. The van der Waals surface area contributed by atoms with E-state index in [-0.39, 0.29) is 18.1 Å². The van der Waals surface area contributed by atoms with Gasteiger partial charge in [0.1, 0.15) is 0 Å². The molecule has 0 saturated carbocycles. The van der Waals surface area contributed by atoms with E-state index in [1.807, 2.05) is 6.92 Å². The molecule has 1 aliphatic heterocycles. The van der Waals surface area contributed by atoms with Gasteiger partial charge in [0.05, 0.1) is 12.1 Å². The second kappa shape index (κ2) is 6.08. The van der Waals surface area contributed by atoms with Crippen molar-refractivity contribution < 1.29 is 9.53 Å². The van der Waals surface area contributed by atoms with Gasteiger partial charge in [-0.15, -0.1) is 0 Å². The first-order valence-corrected chi connectivity index (χ1v) is 5.77. The first-order valence-electron chi connectivity index (χ1n) is 5.77. The molecule has 15 heavy (non-hydrogen) atoms. The summed E-state index contributed by atoms with van der Waals surface area (Å²) in [6.07, 6.45) is 4.08. The summed E-state index contributed by atoms with van der Waals surface area (Å²) < 4.78 is 5.48. The molecule has 4 nitrogen and oxygen atoms in total. The zero-order chi connectivity index (χ0) is 11.3. The van der Waals surface area contributed by atoms with Crippen LogP contribution in [0.1, 0.15) is 32.6 Å². The molecule has 0 aromatic rings. The van der Waals surface area contributed by atoms with Gasteiger partial charge in [0.25, 0.3) is 0 Å². The van der Waals surface area contributed by atoms with Crippen LogP contribution in [0.15, 0.2) is 0 Å². The molecule has 0 aromatic heterocycles. The van der Waals surface area contributed by atoms with Gasteiger partial charge in [-0.05, 0) is 19.3 Å². The Morgan fingerprint density at radius 3 is 2.93 bits per heavy atom. The van der Waals surface area contributed by atoms with Crippen molar-refractivity contribution in [2.75, 3.05) is 20.2 Å². The van der Waals surface area contributed by atoms with Gasteiger partial charge in [0, 0.05) is 20.2 Å². The highest BCUT2D eigenvalue weighted by Crippen LogP contribution is 2.13. The molecular weight excluding hydrogens is 192 g/mol. The van der Waals surface area contributed by atoms with Crippen LogP contribution in [0.4, 0.5) is 0 Å². The number of nitrogens with zero attached hydrogens (tertiary/aromatic N) is 1. The van der Waals surface area contributed by atoms with Crippen LogP contribution in [0.5, 0.6) is 0 Å². The van der Waals surface area contributed by atoms with Crippen molar-refractivity contribution in [2.45, 2.75) is 44.8 Å². The topological polar surface area (TPSA) is 55.6 Å². The predicted octanol–water partition coefficient (Wildman–Crippen LogP) is 0.751. The third-order valence-electron chi connectivity index (χ3n) is 2.79. The Kier molecular flexibility index (Phi) is 5.05. The average Bonchev–Trinajstić information content (AvgIpc) is 2.69. The summed E-state index contributed by atoms with van der Waals surface area (Å²) in [6.45, 7) is 3.54. The van der Waals surface area contributed by atoms with Crippen molar-refractivity contribution in [3.63, 3.8) is 0 Å². The van der Waals surface area contributed by atoms with E-state index in [0.29, 0.717) is 6.54 Å². The second-order valence-electron chi connectivity index (χ2n) is 4.25. The Labute approximate surface area is 91.8 Å². The second-order valence-corrected chi connectivity index (χ2v) is 4.25. The molecule has 2 unspecified atom stereocenters. The number of hydrogen-bond donors (Lipinski definition) is 1. The standard InChI is InChI=1S/C11H22N2O2/c1-3-5-10(12)11(14)13(2)8-9-6-4-7-15-9/h9-10H,3-8,12H2,1-2H3. The highest BCUT2D eigenvalue weighted by atomic mass is 16.5. The van der Waals surface area contributed by atoms with Crippen LogP contribution in [0, 0.1) is 0 Å². The Bertz CT molecular complexity index is 203. The number of carbonyl (C=O) groups is 1. The van der Waals surface area contributed by atoms with E-state index in [1.54, 1.807) is 11.9 Å². The molecule has 0 spiro atoms. The zero-order valence-electron chi connectivity index (χ0n) is 9.74. The van der Waals surface area contributed by atoms with Gasteiger partial charge in [0.15, 0.2) is 0 Å². The normalized spacial score (nSPS) is 22.7. The van der Waals surface area contributed by atoms with E-state index < -0.39 is 0 Å². The first-order chi connectivity index (χ1) is 7.15. The van der Waals surface area contributed by atoms with E-state index in [0.717, 1.165) is 32.3 Å². The summed E-state index contributed by atoms with van der Waals surface area (Å²) in [4.78, 5) is 13.5. The number of carbonyl (C=O) groups excluding carboxylic acids is 1. The minimum absolute atomic E-state index is 0.0346. The average molecular weight is 214 g/mol. The number of nitrogens with two attached hydrogens (primary N) is 1. The predicted molar refractivity (Wildman–Crippen MR) is 59.5 cm³/mol.